The van der Waals surface area contributed by atoms with E-state index in [9.17, 15) is 13.6 Å². The van der Waals surface area contributed by atoms with Gasteiger partial charge in [0.05, 0.1) is 31.3 Å². The van der Waals surface area contributed by atoms with Crippen molar-refractivity contribution in [3.8, 4) is 34.4 Å². The Balaban J connectivity index is 1.49. The largest absolute Gasteiger partial charge is 0.497 e. The summed E-state index contributed by atoms with van der Waals surface area (Å²) in [4.78, 5) is 28.0. The molecule has 3 aromatic carbocycles. The number of methoxy groups -OCH3 is 2. The van der Waals surface area contributed by atoms with Gasteiger partial charge in [0.15, 0.2) is 5.75 Å². The number of aromatic nitrogens is 2. The minimum Gasteiger partial charge on any atom is -0.497 e. The van der Waals surface area contributed by atoms with Gasteiger partial charge in [0.2, 0.25) is 11.8 Å². The zero-order valence-corrected chi connectivity index (χ0v) is 27.2. The van der Waals surface area contributed by atoms with Crippen LogP contribution >= 0.6 is 0 Å². The molecule has 0 radical (unpaired) electrons. The molecule has 0 saturated carbocycles. The van der Waals surface area contributed by atoms with Crippen molar-refractivity contribution in [2.75, 3.05) is 69.6 Å². The molecule has 0 bridgehead atoms. The quantitative estimate of drug-likeness (QED) is 0.205. The molecule has 4 aromatic rings. The number of carbonyl (C=O) groups excluding carboxylic acids is 1. The van der Waals surface area contributed by atoms with Gasteiger partial charge < -0.3 is 34.1 Å². The van der Waals surface area contributed by atoms with E-state index in [0.717, 1.165) is 29.8 Å². The van der Waals surface area contributed by atoms with Gasteiger partial charge in [0, 0.05) is 62.7 Å². The van der Waals surface area contributed by atoms with Gasteiger partial charge in [-0.1, -0.05) is 18.2 Å². The van der Waals surface area contributed by atoms with Crippen molar-refractivity contribution in [3.63, 3.8) is 0 Å². The van der Waals surface area contributed by atoms with Gasteiger partial charge in [0.25, 0.3) is 0 Å². The van der Waals surface area contributed by atoms with Crippen LogP contribution in [0.5, 0.6) is 23.1 Å². The van der Waals surface area contributed by atoms with Crippen molar-refractivity contribution in [1.82, 2.24) is 14.9 Å². The molecule has 2 heterocycles. The van der Waals surface area contributed by atoms with Crippen molar-refractivity contribution in [2.24, 2.45) is 0 Å². The third kappa shape index (κ3) is 7.80. The highest BCUT2D eigenvalue weighted by atomic mass is 19.3. The summed E-state index contributed by atoms with van der Waals surface area (Å²) in [5.41, 5.74) is 4.73. The summed E-state index contributed by atoms with van der Waals surface area (Å²) >= 11 is 0. The highest BCUT2D eigenvalue weighted by molar-refractivity contribution is 5.91. The molecule has 47 heavy (non-hydrogen) atoms. The summed E-state index contributed by atoms with van der Waals surface area (Å²) in [6, 6.07) is 17.4. The van der Waals surface area contributed by atoms with E-state index in [4.69, 9.17) is 23.9 Å². The van der Waals surface area contributed by atoms with Crippen LogP contribution in [0.3, 0.4) is 0 Å². The first-order valence-electron chi connectivity index (χ1n) is 15.0. The Morgan fingerprint density at radius 2 is 1.70 bits per heavy atom. The van der Waals surface area contributed by atoms with E-state index in [0.29, 0.717) is 47.3 Å². The molecule has 1 fully saturated rings. The van der Waals surface area contributed by atoms with E-state index in [-0.39, 0.29) is 17.6 Å². The van der Waals surface area contributed by atoms with Crippen LogP contribution in [0.15, 0.2) is 60.7 Å². The number of hydrogen-bond donors (Lipinski definition) is 1. The Hall–Kier alpha value is -5.17. The SMILES string of the molecule is COc1ccc(OC)c(N(C)C(=O)Oc2cc(-c3cccc(C)c3C)nc(Nc3ccc(N4CCN(C)CC4)c(OC(F)F)c3)n2)c1. The maximum atomic E-state index is 13.5. The molecular formula is C34H38F2N6O5. The van der Waals surface area contributed by atoms with E-state index in [1.54, 1.807) is 36.4 Å². The second kappa shape index (κ2) is 14.5. The molecule has 1 aliphatic heterocycles. The van der Waals surface area contributed by atoms with Gasteiger partial charge in [-0.25, -0.2) is 9.78 Å². The topological polar surface area (TPSA) is 102 Å². The number of carbonyl (C=O) groups is 1. The Morgan fingerprint density at radius 1 is 0.936 bits per heavy atom. The first-order valence-corrected chi connectivity index (χ1v) is 15.0. The predicted octanol–water partition coefficient (Wildman–Crippen LogP) is 6.51. The molecule has 1 aliphatic rings. The number of ether oxygens (including phenoxy) is 4. The lowest BCUT2D eigenvalue weighted by Gasteiger charge is -2.34. The molecule has 1 saturated heterocycles. The maximum Gasteiger partial charge on any atom is 0.420 e. The molecule has 248 valence electrons. The van der Waals surface area contributed by atoms with Crippen molar-refractivity contribution < 1.29 is 32.5 Å². The van der Waals surface area contributed by atoms with Crippen LogP contribution in [0.4, 0.5) is 36.6 Å². The number of likely N-dealkylation sites (N-methyl/N-ethyl adjacent to an activating group) is 1. The number of anilines is 4. The number of hydrogen-bond acceptors (Lipinski definition) is 10. The fraction of sp³-hybridized carbons (Fsp3) is 0.324. The minimum absolute atomic E-state index is 0.0285. The smallest absolute Gasteiger partial charge is 0.420 e. The molecule has 0 unspecified atom stereocenters. The second-order valence-corrected chi connectivity index (χ2v) is 11.1. The third-order valence-electron chi connectivity index (χ3n) is 8.07. The Bertz CT molecular complexity index is 1730. The Kier molecular flexibility index (Phi) is 10.2. The molecule has 0 aliphatic carbocycles. The van der Waals surface area contributed by atoms with Gasteiger partial charge in [-0.15, -0.1) is 0 Å². The van der Waals surface area contributed by atoms with Crippen LogP contribution in [0.1, 0.15) is 11.1 Å². The number of piperazine rings is 1. The molecule has 13 heteroatoms. The van der Waals surface area contributed by atoms with Crippen LogP contribution in [0.2, 0.25) is 0 Å². The summed E-state index contributed by atoms with van der Waals surface area (Å²) in [6.07, 6.45) is -0.739. The number of nitrogens with zero attached hydrogens (tertiary/aromatic N) is 5. The summed E-state index contributed by atoms with van der Waals surface area (Å²) in [7, 11) is 6.58. The van der Waals surface area contributed by atoms with E-state index in [2.05, 4.69) is 15.2 Å². The number of amides is 1. The predicted molar refractivity (Wildman–Crippen MR) is 177 cm³/mol. The molecule has 11 nitrogen and oxygen atoms in total. The fourth-order valence-electron chi connectivity index (χ4n) is 5.23. The fourth-order valence-corrected chi connectivity index (χ4v) is 5.23. The highest BCUT2D eigenvalue weighted by Crippen LogP contribution is 2.36. The van der Waals surface area contributed by atoms with Crippen molar-refractivity contribution in [1.29, 1.82) is 0 Å². The molecule has 5 rings (SSSR count). The van der Waals surface area contributed by atoms with Gasteiger partial charge in [-0.2, -0.15) is 13.8 Å². The van der Waals surface area contributed by atoms with Crippen molar-refractivity contribution >= 4 is 29.1 Å². The molecule has 0 spiro atoms. The number of nitrogens with one attached hydrogen (secondary N) is 1. The van der Waals surface area contributed by atoms with Gasteiger partial charge in [-0.05, 0) is 56.3 Å². The average molecular weight is 649 g/mol. The van der Waals surface area contributed by atoms with Crippen LogP contribution in [0.25, 0.3) is 11.3 Å². The van der Waals surface area contributed by atoms with Crippen LogP contribution in [0, 0.1) is 13.8 Å². The Morgan fingerprint density at radius 3 is 2.40 bits per heavy atom. The van der Waals surface area contributed by atoms with Gasteiger partial charge >= 0.3 is 12.7 Å². The lowest BCUT2D eigenvalue weighted by molar-refractivity contribution is -0.0495. The average Bonchev–Trinajstić information content (AvgIpc) is 3.05. The monoisotopic (exact) mass is 648 g/mol. The van der Waals surface area contributed by atoms with Crippen molar-refractivity contribution in [3.05, 3.63) is 71.8 Å². The second-order valence-electron chi connectivity index (χ2n) is 11.1. The third-order valence-corrected chi connectivity index (χ3v) is 8.07. The summed E-state index contributed by atoms with van der Waals surface area (Å²) in [5, 5.41) is 3.09. The standard InChI is InChI=1S/C34H38F2N6O5/c1-21-8-7-9-25(22(21)2)26-20-31(47-34(43)41(4)28-19-24(44-5)11-13-29(28)45-6)39-33(38-26)37-23-10-12-27(30(18-23)46-32(35)36)42-16-14-40(3)15-17-42/h7-13,18-20,32H,14-17H2,1-6H3,(H,37,38,39). The van der Waals surface area contributed by atoms with Gasteiger partial charge in [0.1, 0.15) is 11.5 Å². The normalized spacial score (nSPS) is 13.3. The van der Waals surface area contributed by atoms with Crippen LogP contribution < -0.4 is 34.1 Å². The first-order chi connectivity index (χ1) is 22.6. The summed E-state index contributed by atoms with van der Waals surface area (Å²) in [5.74, 6) is 1.05. The molecular weight excluding hydrogens is 610 g/mol. The number of alkyl halides is 2. The van der Waals surface area contributed by atoms with E-state index in [1.807, 2.05) is 44.0 Å². The van der Waals surface area contributed by atoms with E-state index < -0.39 is 12.7 Å². The number of benzene rings is 3. The van der Waals surface area contributed by atoms with E-state index >= 15 is 0 Å². The lowest BCUT2D eigenvalue weighted by atomic mass is 10.0. The van der Waals surface area contributed by atoms with Gasteiger partial charge in [-0.3, -0.25) is 4.90 Å². The molecule has 1 N–H and O–H groups in total. The maximum absolute atomic E-state index is 13.5. The molecule has 1 aromatic heterocycles. The minimum atomic E-state index is -3.01. The van der Waals surface area contributed by atoms with Crippen molar-refractivity contribution in [2.45, 2.75) is 20.5 Å². The highest BCUT2D eigenvalue weighted by Gasteiger charge is 2.23. The summed E-state index contributed by atoms with van der Waals surface area (Å²) < 4.78 is 48.4. The van der Waals surface area contributed by atoms with E-state index in [1.165, 1.54) is 32.2 Å². The number of halogens is 2. The van der Waals surface area contributed by atoms with Crippen LogP contribution in [-0.2, 0) is 0 Å². The van der Waals surface area contributed by atoms with Crippen LogP contribution in [-0.4, -0.2) is 82.1 Å². The lowest BCUT2D eigenvalue weighted by Crippen LogP contribution is -2.44. The molecule has 0 atom stereocenters. The zero-order valence-electron chi connectivity index (χ0n) is 27.2. The molecule has 1 amide bonds. The Labute approximate surface area is 272 Å². The number of aryl methyl sites for hydroxylation is 1. The summed E-state index contributed by atoms with van der Waals surface area (Å²) in [6.45, 7) is 3.90. The first kappa shape index (κ1) is 33.2. The zero-order chi connectivity index (χ0) is 33.7. The number of rotatable bonds is 10.